The molecule has 0 fully saturated rings. The second-order valence-corrected chi connectivity index (χ2v) is 4.27. The predicted octanol–water partition coefficient (Wildman–Crippen LogP) is 2.92. The van der Waals surface area contributed by atoms with Crippen molar-refractivity contribution in [3.8, 4) is 0 Å². The largest absolute Gasteiger partial charge is 0.375 e. The second kappa shape index (κ2) is 2.88. The minimum absolute atomic E-state index is 0.143. The first-order valence-electron chi connectivity index (χ1n) is 3.29. The summed E-state index contributed by atoms with van der Waals surface area (Å²) in [6.07, 6.45) is 0. The van der Waals surface area contributed by atoms with E-state index in [1.807, 2.05) is 0 Å². The topological polar surface area (TPSA) is 38.9 Å². The van der Waals surface area contributed by atoms with E-state index < -0.39 is 11.6 Å². The zero-order chi connectivity index (χ0) is 9.59. The van der Waals surface area contributed by atoms with Gasteiger partial charge < -0.3 is 5.73 Å². The molecule has 1 aromatic carbocycles. The Morgan fingerprint density at radius 2 is 2.15 bits per heavy atom. The first-order chi connectivity index (χ1) is 6.09. The summed E-state index contributed by atoms with van der Waals surface area (Å²) in [5.41, 5.74) is 5.74. The van der Waals surface area contributed by atoms with Gasteiger partial charge in [-0.2, -0.15) is 0 Å². The van der Waals surface area contributed by atoms with Crippen molar-refractivity contribution >= 4 is 42.6 Å². The van der Waals surface area contributed by atoms with Gasteiger partial charge >= 0.3 is 0 Å². The number of aromatic nitrogens is 1. The molecule has 0 aliphatic rings. The molecule has 1 heterocycles. The molecule has 2 N–H and O–H groups in total. The number of rotatable bonds is 0. The third-order valence-corrected chi connectivity index (χ3v) is 3.01. The van der Waals surface area contributed by atoms with Crippen molar-refractivity contribution in [3.05, 3.63) is 22.2 Å². The lowest BCUT2D eigenvalue weighted by molar-refractivity contribution is 0.517. The highest BCUT2D eigenvalue weighted by Crippen LogP contribution is 2.33. The Morgan fingerprint density at radius 3 is 2.85 bits per heavy atom. The smallest absolute Gasteiger partial charge is 0.181 e. The standard InChI is InChI=1S/C7H3BrF2N2S/c8-2-1-3(9)4(10)6-5(2)12-7(11)13-6/h1H,(H2,11,12). The molecule has 0 saturated carbocycles. The highest BCUT2D eigenvalue weighted by atomic mass is 79.9. The van der Waals surface area contributed by atoms with E-state index in [-0.39, 0.29) is 9.83 Å². The van der Waals surface area contributed by atoms with Gasteiger partial charge in [-0.25, -0.2) is 13.8 Å². The molecule has 0 aliphatic heterocycles. The zero-order valence-corrected chi connectivity index (χ0v) is 8.55. The number of nitrogens with two attached hydrogens (primary N) is 1. The van der Waals surface area contributed by atoms with Crippen LogP contribution in [0.2, 0.25) is 0 Å². The maximum absolute atomic E-state index is 13.1. The third-order valence-electron chi connectivity index (χ3n) is 1.53. The molecular weight excluding hydrogens is 262 g/mol. The molecule has 6 heteroatoms. The summed E-state index contributed by atoms with van der Waals surface area (Å²) in [5, 5.41) is 0.222. The number of nitrogens with zero attached hydrogens (tertiary/aromatic N) is 1. The first-order valence-corrected chi connectivity index (χ1v) is 4.90. The minimum atomic E-state index is -0.900. The third kappa shape index (κ3) is 1.30. The Hall–Kier alpha value is -0.750. The Labute approximate surface area is 84.5 Å². The van der Waals surface area contributed by atoms with Gasteiger partial charge in [0.25, 0.3) is 0 Å². The quantitative estimate of drug-likeness (QED) is 0.744. The van der Waals surface area contributed by atoms with Crippen LogP contribution in [0.25, 0.3) is 10.2 Å². The van der Waals surface area contributed by atoms with E-state index in [0.717, 1.165) is 17.4 Å². The van der Waals surface area contributed by atoms with Crippen molar-refractivity contribution in [3.63, 3.8) is 0 Å². The molecule has 0 amide bonds. The van der Waals surface area contributed by atoms with Gasteiger partial charge in [0.15, 0.2) is 16.8 Å². The number of hydrogen-bond acceptors (Lipinski definition) is 3. The molecule has 2 aromatic rings. The van der Waals surface area contributed by atoms with Gasteiger partial charge in [0, 0.05) is 4.47 Å². The molecule has 13 heavy (non-hydrogen) atoms. The SMILES string of the molecule is Nc1nc2c(Br)cc(F)c(F)c2s1. The number of benzene rings is 1. The summed E-state index contributed by atoms with van der Waals surface area (Å²) < 4.78 is 26.5. The van der Waals surface area contributed by atoms with Crippen LogP contribution in [-0.4, -0.2) is 4.98 Å². The lowest BCUT2D eigenvalue weighted by atomic mass is 10.3. The average molecular weight is 265 g/mol. The van der Waals surface area contributed by atoms with E-state index in [1.165, 1.54) is 0 Å². The number of thiazole rings is 1. The first kappa shape index (κ1) is 8.83. The van der Waals surface area contributed by atoms with Gasteiger partial charge in [-0.15, -0.1) is 0 Å². The normalized spacial score (nSPS) is 11.0. The number of fused-ring (bicyclic) bond motifs is 1. The van der Waals surface area contributed by atoms with E-state index in [0.29, 0.717) is 9.99 Å². The van der Waals surface area contributed by atoms with Gasteiger partial charge in [-0.3, -0.25) is 0 Å². The van der Waals surface area contributed by atoms with Crippen molar-refractivity contribution in [2.24, 2.45) is 0 Å². The molecule has 2 rings (SSSR count). The van der Waals surface area contributed by atoms with E-state index in [9.17, 15) is 8.78 Å². The Bertz CT molecular complexity index is 483. The Kier molecular flexibility index (Phi) is 1.96. The van der Waals surface area contributed by atoms with E-state index in [1.54, 1.807) is 0 Å². The Morgan fingerprint density at radius 1 is 1.46 bits per heavy atom. The summed E-state index contributed by atoms with van der Waals surface area (Å²) in [5.74, 6) is -1.80. The van der Waals surface area contributed by atoms with Crippen molar-refractivity contribution < 1.29 is 8.78 Å². The van der Waals surface area contributed by atoms with Crippen molar-refractivity contribution in [1.82, 2.24) is 4.98 Å². The summed E-state index contributed by atoms with van der Waals surface area (Å²) in [7, 11) is 0. The fourth-order valence-electron chi connectivity index (χ4n) is 0.999. The lowest BCUT2D eigenvalue weighted by Crippen LogP contribution is -1.85. The van der Waals surface area contributed by atoms with Crippen LogP contribution in [0.15, 0.2) is 10.5 Å². The van der Waals surface area contributed by atoms with Crippen LogP contribution in [0, 0.1) is 11.6 Å². The average Bonchev–Trinajstić information content (AvgIpc) is 2.44. The van der Waals surface area contributed by atoms with Crippen LogP contribution in [0.1, 0.15) is 0 Å². The lowest BCUT2D eigenvalue weighted by Gasteiger charge is -1.95. The molecule has 0 bridgehead atoms. The van der Waals surface area contributed by atoms with Crippen molar-refractivity contribution in [2.75, 3.05) is 5.73 Å². The van der Waals surface area contributed by atoms with Crippen molar-refractivity contribution in [2.45, 2.75) is 0 Å². The molecule has 2 nitrogen and oxygen atoms in total. The Balaban J connectivity index is 2.95. The summed E-state index contributed by atoms with van der Waals surface area (Å²) in [4.78, 5) is 3.86. The maximum Gasteiger partial charge on any atom is 0.181 e. The molecular formula is C7H3BrF2N2S. The van der Waals surface area contributed by atoms with Crippen LogP contribution in [0.5, 0.6) is 0 Å². The van der Waals surface area contributed by atoms with Crippen LogP contribution < -0.4 is 5.73 Å². The molecule has 0 radical (unpaired) electrons. The maximum atomic E-state index is 13.1. The highest BCUT2D eigenvalue weighted by molar-refractivity contribution is 9.10. The second-order valence-electron chi connectivity index (χ2n) is 2.38. The van der Waals surface area contributed by atoms with E-state index in [2.05, 4.69) is 20.9 Å². The molecule has 0 saturated heterocycles. The number of hydrogen-bond donors (Lipinski definition) is 1. The zero-order valence-electron chi connectivity index (χ0n) is 6.14. The van der Waals surface area contributed by atoms with Crippen LogP contribution in [-0.2, 0) is 0 Å². The van der Waals surface area contributed by atoms with Gasteiger partial charge in [0.1, 0.15) is 5.52 Å². The fraction of sp³-hybridized carbons (Fsp3) is 0. The number of nitrogen functional groups attached to an aromatic ring is 1. The van der Waals surface area contributed by atoms with Gasteiger partial charge in [0.2, 0.25) is 0 Å². The summed E-state index contributed by atoms with van der Waals surface area (Å²) in [6, 6.07) is 1.04. The van der Waals surface area contributed by atoms with Crippen LogP contribution in [0.3, 0.4) is 0 Å². The number of halogens is 3. The molecule has 1 aromatic heterocycles. The van der Waals surface area contributed by atoms with Crippen molar-refractivity contribution in [1.29, 1.82) is 0 Å². The molecule has 0 aliphatic carbocycles. The molecule has 68 valence electrons. The molecule has 0 atom stereocenters. The minimum Gasteiger partial charge on any atom is -0.375 e. The molecule has 0 spiro atoms. The van der Waals surface area contributed by atoms with Gasteiger partial charge in [-0.05, 0) is 22.0 Å². The summed E-state index contributed by atoms with van der Waals surface area (Å²) >= 11 is 4.01. The summed E-state index contributed by atoms with van der Waals surface area (Å²) in [6.45, 7) is 0. The highest BCUT2D eigenvalue weighted by Gasteiger charge is 2.14. The van der Waals surface area contributed by atoms with Crippen LogP contribution >= 0.6 is 27.3 Å². The van der Waals surface area contributed by atoms with E-state index >= 15 is 0 Å². The van der Waals surface area contributed by atoms with Crippen LogP contribution in [0.4, 0.5) is 13.9 Å². The fourth-order valence-corrected chi connectivity index (χ4v) is 2.40. The monoisotopic (exact) mass is 264 g/mol. The van der Waals surface area contributed by atoms with Gasteiger partial charge in [-0.1, -0.05) is 11.3 Å². The molecule has 0 unspecified atom stereocenters. The van der Waals surface area contributed by atoms with E-state index in [4.69, 9.17) is 5.73 Å². The van der Waals surface area contributed by atoms with Gasteiger partial charge in [0.05, 0.1) is 4.70 Å². The predicted molar refractivity (Wildman–Crippen MR) is 51.6 cm³/mol. The number of anilines is 1.